The van der Waals surface area contributed by atoms with Crippen LogP contribution < -0.4 is 10.5 Å². The maximum Gasteiger partial charge on any atom is 0.245 e. The summed E-state index contributed by atoms with van der Waals surface area (Å²) in [5, 5.41) is 4.04. The number of rotatable bonds is 8. The Kier molecular flexibility index (Phi) is 6.22. The van der Waals surface area contributed by atoms with Crippen LogP contribution in [0.2, 0.25) is 0 Å². The van der Waals surface area contributed by atoms with Crippen LogP contribution in [0.25, 0.3) is 0 Å². The second kappa shape index (κ2) is 7.26. The van der Waals surface area contributed by atoms with Crippen molar-refractivity contribution in [3.8, 4) is 0 Å². The highest BCUT2D eigenvalue weighted by molar-refractivity contribution is 7.89. The summed E-state index contributed by atoms with van der Waals surface area (Å²) in [5.41, 5.74) is 5.73. The van der Waals surface area contributed by atoms with E-state index in [2.05, 4.69) is 37.5 Å². The van der Waals surface area contributed by atoms with Crippen LogP contribution in [0.3, 0.4) is 0 Å². The normalized spacial score (nSPS) is 12.8. The van der Waals surface area contributed by atoms with Gasteiger partial charge in [-0.05, 0) is 24.2 Å². The maximum atomic E-state index is 12.4. The minimum atomic E-state index is -3.61. The van der Waals surface area contributed by atoms with E-state index in [-0.39, 0.29) is 16.6 Å². The summed E-state index contributed by atoms with van der Waals surface area (Å²) in [7, 11) is -3.61. The van der Waals surface area contributed by atoms with Crippen molar-refractivity contribution in [2.45, 2.75) is 52.5 Å². The van der Waals surface area contributed by atoms with E-state index in [4.69, 9.17) is 5.73 Å². The predicted octanol–water partition coefficient (Wildman–Crippen LogP) is 2.08. The fourth-order valence-corrected chi connectivity index (χ4v) is 3.64. The van der Waals surface area contributed by atoms with Gasteiger partial charge in [0, 0.05) is 19.3 Å². The molecule has 0 spiro atoms. The second-order valence-electron chi connectivity index (χ2n) is 6.15. The van der Waals surface area contributed by atoms with E-state index < -0.39 is 10.0 Å². The quantitative estimate of drug-likeness (QED) is 0.768. The van der Waals surface area contributed by atoms with E-state index in [1.165, 1.54) is 6.20 Å². The SMILES string of the molecule is CCCn1cc(S(=O)(=O)NCC(C(C)C)C(C)C)c(N)n1. The number of aromatic nitrogens is 2. The van der Waals surface area contributed by atoms with Gasteiger partial charge in [0.2, 0.25) is 10.0 Å². The first-order valence-corrected chi connectivity index (χ1v) is 9.00. The largest absolute Gasteiger partial charge is 0.381 e. The first kappa shape index (κ1) is 18.0. The summed E-state index contributed by atoms with van der Waals surface area (Å²) in [6.07, 6.45) is 2.37. The van der Waals surface area contributed by atoms with Crippen LogP contribution in [-0.2, 0) is 16.6 Å². The Bertz CT molecular complexity index is 541. The molecule has 21 heavy (non-hydrogen) atoms. The molecule has 0 aliphatic carbocycles. The van der Waals surface area contributed by atoms with Gasteiger partial charge in [0.1, 0.15) is 4.90 Å². The number of hydrogen-bond acceptors (Lipinski definition) is 4. The van der Waals surface area contributed by atoms with Gasteiger partial charge in [-0.3, -0.25) is 4.68 Å². The minimum absolute atomic E-state index is 0.0570. The van der Waals surface area contributed by atoms with Crippen molar-refractivity contribution in [1.82, 2.24) is 14.5 Å². The summed E-state index contributed by atoms with van der Waals surface area (Å²) in [4.78, 5) is 0.0715. The van der Waals surface area contributed by atoms with Crippen molar-refractivity contribution in [3.05, 3.63) is 6.20 Å². The summed E-state index contributed by atoms with van der Waals surface area (Å²) in [5.74, 6) is 1.16. The third-order valence-corrected chi connectivity index (χ3v) is 5.16. The van der Waals surface area contributed by atoms with Gasteiger partial charge in [-0.15, -0.1) is 0 Å². The first-order chi connectivity index (χ1) is 9.69. The van der Waals surface area contributed by atoms with Crippen LogP contribution in [0.1, 0.15) is 41.0 Å². The lowest BCUT2D eigenvalue weighted by atomic mass is 9.86. The minimum Gasteiger partial charge on any atom is -0.381 e. The van der Waals surface area contributed by atoms with Gasteiger partial charge in [-0.1, -0.05) is 34.6 Å². The monoisotopic (exact) mass is 316 g/mol. The molecule has 6 nitrogen and oxygen atoms in total. The van der Waals surface area contributed by atoms with Gasteiger partial charge in [0.05, 0.1) is 0 Å². The molecular formula is C14H28N4O2S. The highest BCUT2D eigenvalue weighted by atomic mass is 32.2. The molecule has 1 aromatic heterocycles. The fourth-order valence-electron chi connectivity index (χ4n) is 2.49. The van der Waals surface area contributed by atoms with Crippen LogP contribution in [0.4, 0.5) is 5.82 Å². The van der Waals surface area contributed by atoms with Gasteiger partial charge in [-0.25, -0.2) is 13.1 Å². The van der Waals surface area contributed by atoms with Crippen molar-refractivity contribution in [1.29, 1.82) is 0 Å². The van der Waals surface area contributed by atoms with Crippen molar-refractivity contribution in [2.75, 3.05) is 12.3 Å². The summed E-state index contributed by atoms with van der Waals surface area (Å²) >= 11 is 0. The van der Waals surface area contributed by atoms with Crippen molar-refractivity contribution >= 4 is 15.8 Å². The average Bonchev–Trinajstić information content (AvgIpc) is 2.70. The summed E-state index contributed by atoms with van der Waals surface area (Å²) in [6, 6.07) is 0. The molecule has 1 heterocycles. The Hall–Kier alpha value is -1.08. The molecule has 3 N–H and O–H groups in total. The van der Waals surface area contributed by atoms with Crippen LogP contribution in [0.15, 0.2) is 11.1 Å². The van der Waals surface area contributed by atoms with E-state index in [1.54, 1.807) is 4.68 Å². The van der Waals surface area contributed by atoms with E-state index in [1.807, 2.05) is 6.92 Å². The Balaban J connectivity index is 2.86. The van der Waals surface area contributed by atoms with Crippen molar-refractivity contribution < 1.29 is 8.42 Å². The molecule has 0 aromatic carbocycles. The van der Waals surface area contributed by atoms with Crippen molar-refractivity contribution in [3.63, 3.8) is 0 Å². The number of anilines is 1. The number of nitrogens with one attached hydrogen (secondary N) is 1. The Morgan fingerprint density at radius 1 is 1.29 bits per heavy atom. The van der Waals surface area contributed by atoms with Crippen LogP contribution in [-0.4, -0.2) is 24.7 Å². The predicted molar refractivity (Wildman–Crippen MR) is 85.3 cm³/mol. The van der Waals surface area contributed by atoms with Gasteiger partial charge in [-0.2, -0.15) is 5.10 Å². The highest BCUT2D eigenvalue weighted by Gasteiger charge is 2.24. The first-order valence-electron chi connectivity index (χ1n) is 7.51. The number of nitrogens with zero attached hydrogens (tertiary/aromatic N) is 2. The molecule has 0 radical (unpaired) electrons. The molecule has 1 aromatic rings. The zero-order valence-electron chi connectivity index (χ0n) is 13.6. The lowest BCUT2D eigenvalue weighted by molar-refractivity contribution is 0.289. The van der Waals surface area contributed by atoms with Gasteiger partial charge in [0.15, 0.2) is 5.82 Å². The van der Waals surface area contributed by atoms with Gasteiger partial charge in [0.25, 0.3) is 0 Å². The Labute approximate surface area is 128 Å². The summed E-state index contributed by atoms with van der Waals surface area (Å²) in [6.45, 7) is 11.5. The molecule has 0 aliphatic heterocycles. The third-order valence-electron chi connectivity index (χ3n) is 3.72. The third kappa shape index (κ3) is 4.71. The zero-order chi connectivity index (χ0) is 16.2. The average molecular weight is 316 g/mol. The molecule has 0 aliphatic rings. The van der Waals surface area contributed by atoms with Gasteiger partial charge >= 0.3 is 0 Å². The molecule has 0 amide bonds. The topological polar surface area (TPSA) is 90.0 Å². The van der Waals surface area contributed by atoms with Crippen LogP contribution in [0.5, 0.6) is 0 Å². The van der Waals surface area contributed by atoms with Gasteiger partial charge < -0.3 is 5.73 Å². The molecule has 0 bridgehead atoms. The standard InChI is InChI=1S/C14H28N4O2S/c1-6-7-18-9-13(14(15)17-18)21(19,20)16-8-12(10(2)3)11(4)5/h9-12,16H,6-8H2,1-5H3,(H2,15,17). The molecule has 7 heteroatoms. The fraction of sp³-hybridized carbons (Fsp3) is 0.786. The maximum absolute atomic E-state index is 12.4. The van der Waals surface area contributed by atoms with E-state index in [0.717, 1.165) is 6.42 Å². The molecule has 0 fully saturated rings. The molecule has 0 saturated heterocycles. The Morgan fingerprint density at radius 3 is 2.33 bits per heavy atom. The van der Waals surface area contributed by atoms with Crippen LogP contribution >= 0.6 is 0 Å². The zero-order valence-corrected chi connectivity index (χ0v) is 14.4. The number of hydrogen-bond donors (Lipinski definition) is 2. The van der Waals surface area contributed by atoms with Crippen LogP contribution in [0, 0.1) is 17.8 Å². The number of aryl methyl sites for hydroxylation is 1. The van der Waals surface area contributed by atoms with E-state index in [0.29, 0.717) is 24.9 Å². The van der Waals surface area contributed by atoms with E-state index in [9.17, 15) is 8.42 Å². The molecule has 0 saturated carbocycles. The molecule has 0 atom stereocenters. The lowest BCUT2D eigenvalue weighted by Gasteiger charge is -2.24. The Morgan fingerprint density at radius 2 is 1.86 bits per heavy atom. The smallest absolute Gasteiger partial charge is 0.245 e. The highest BCUT2D eigenvalue weighted by Crippen LogP contribution is 2.21. The molecule has 1 rings (SSSR count). The number of nitrogen functional groups attached to an aromatic ring is 1. The second-order valence-corrected chi connectivity index (χ2v) is 7.88. The lowest BCUT2D eigenvalue weighted by Crippen LogP contribution is -2.34. The van der Waals surface area contributed by atoms with E-state index >= 15 is 0 Å². The summed E-state index contributed by atoms with van der Waals surface area (Å²) < 4.78 is 29.0. The molecule has 0 unspecified atom stereocenters. The molecule has 122 valence electrons. The number of sulfonamides is 1. The van der Waals surface area contributed by atoms with Crippen molar-refractivity contribution in [2.24, 2.45) is 17.8 Å². The molecular weight excluding hydrogens is 288 g/mol. The number of nitrogens with two attached hydrogens (primary N) is 1.